The Kier molecular flexibility index (Phi) is 2.44. The van der Waals surface area contributed by atoms with Gasteiger partial charge in [-0.05, 0) is 45.2 Å². The zero-order valence-corrected chi connectivity index (χ0v) is 10.8. The van der Waals surface area contributed by atoms with Crippen LogP contribution in [0.2, 0.25) is 0 Å². The second kappa shape index (κ2) is 4.16. The summed E-state index contributed by atoms with van der Waals surface area (Å²) in [6, 6.07) is 0. The monoisotopic (exact) mass is 259 g/mol. The molecule has 2 N–H and O–H groups in total. The molecule has 2 aliphatic rings. The molecule has 4 rings (SSSR count). The maximum Gasteiger partial charge on any atom is 0.264 e. The van der Waals surface area contributed by atoms with Crippen molar-refractivity contribution in [2.24, 2.45) is 0 Å². The van der Waals surface area contributed by atoms with Gasteiger partial charge in [0.25, 0.3) is 5.56 Å². The van der Waals surface area contributed by atoms with Gasteiger partial charge in [-0.15, -0.1) is 0 Å². The number of aromatic amines is 1. The van der Waals surface area contributed by atoms with Crippen LogP contribution in [-0.2, 0) is 12.8 Å². The lowest BCUT2D eigenvalue weighted by molar-refractivity contribution is 0.441. The van der Waals surface area contributed by atoms with E-state index < -0.39 is 0 Å². The molecule has 0 amide bonds. The van der Waals surface area contributed by atoms with Crippen LogP contribution in [0.25, 0.3) is 5.78 Å². The third kappa shape index (κ3) is 1.63. The molecule has 1 saturated heterocycles. The van der Waals surface area contributed by atoms with Gasteiger partial charge in [0, 0.05) is 11.5 Å². The Bertz CT molecular complexity index is 680. The molecule has 1 fully saturated rings. The Morgan fingerprint density at radius 2 is 2.05 bits per heavy atom. The van der Waals surface area contributed by atoms with Crippen molar-refractivity contribution in [2.45, 2.75) is 38.0 Å². The molecule has 0 bridgehead atoms. The summed E-state index contributed by atoms with van der Waals surface area (Å²) in [6.07, 6.45) is 4.89. The first-order chi connectivity index (χ1) is 9.34. The number of hydrogen-bond acceptors (Lipinski definition) is 4. The molecule has 1 aliphatic heterocycles. The Morgan fingerprint density at radius 3 is 2.89 bits per heavy atom. The van der Waals surface area contributed by atoms with Crippen LogP contribution in [0.5, 0.6) is 0 Å². The van der Waals surface area contributed by atoms with Gasteiger partial charge in [-0.1, -0.05) is 0 Å². The van der Waals surface area contributed by atoms with E-state index in [1.54, 1.807) is 4.40 Å². The highest BCUT2D eigenvalue weighted by Crippen LogP contribution is 2.24. The summed E-state index contributed by atoms with van der Waals surface area (Å²) in [5.74, 6) is 1.83. The number of fused-ring (bicyclic) bond motifs is 2. The molecular weight excluding hydrogens is 242 g/mol. The maximum absolute atomic E-state index is 12.6. The minimum absolute atomic E-state index is 0.0970. The molecule has 0 atom stereocenters. The van der Waals surface area contributed by atoms with E-state index in [2.05, 4.69) is 20.5 Å². The molecule has 19 heavy (non-hydrogen) atoms. The summed E-state index contributed by atoms with van der Waals surface area (Å²) in [7, 11) is 0. The zero-order valence-electron chi connectivity index (χ0n) is 10.8. The van der Waals surface area contributed by atoms with Gasteiger partial charge in [0.05, 0.1) is 5.69 Å². The molecular formula is C13H17N5O. The number of aryl methyl sites for hydroxylation is 1. The average Bonchev–Trinajstić information content (AvgIpc) is 3.06. The van der Waals surface area contributed by atoms with Gasteiger partial charge < -0.3 is 5.32 Å². The molecule has 3 heterocycles. The Balaban J connectivity index is 1.91. The van der Waals surface area contributed by atoms with Crippen LogP contribution in [0.1, 0.15) is 42.3 Å². The van der Waals surface area contributed by atoms with Crippen LogP contribution in [0.4, 0.5) is 0 Å². The van der Waals surface area contributed by atoms with Crippen molar-refractivity contribution in [3.05, 3.63) is 27.4 Å². The van der Waals surface area contributed by atoms with Crippen LogP contribution in [0.3, 0.4) is 0 Å². The SMILES string of the molecule is O=c1c2c(nc3[nH]nc(C4CCNCC4)n13)CCC2. The predicted octanol–water partition coefficient (Wildman–Crippen LogP) is 0.373. The predicted molar refractivity (Wildman–Crippen MR) is 70.5 cm³/mol. The van der Waals surface area contributed by atoms with E-state index in [0.29, 0.717) is 11.7 Å². The van der Waals surface area contributed by atoms with E-state index in [1.165, 1.54) is 0 Å². The third-order valence-electron chi connectivity index (χ3n) is 4.31. The quantitative estimate of drug-likeness (QED) is 0.776. The van der Waals surface area contributed by atoms with E-state index >= 15 is 0 Å². The minimum atomic E-state index is 0.0970. The molecule has 100 valence electrons. The van der Waals surface area contributed by atoms with Gasteiger partial charge in [0.2, 0.25) is 5.78 Å². The van der Waals surface area contributed by atoms with Crippen LogP contribution in [0.15, 0.2) is 4.79 Å². The first kappa shape index (κ1) is 11.2. The summed E-state index contributed by atoms with van der Waals surface area (Å²) >= 11 is 0. The lowest BCUT2D eigenvalue weighted by Crippen LogP contribution is -2.29. The summed E-state index contributed by atoms with van der Waals surface area (Å²) < 4.78 is 1.71. The van der Waals surface area contributed by atoms with Gasteiger partial charge >= 0.3 is 0 Å². The largest absolute Gasteiger partial charge is 0.317 e. The topological polar surface area (TPSA) is 75.1 Å². The fourth-order valence-electron chi connectivity index (χ4n) is 3.29. The zero-order chi connectivity index (χ0) is 12.8. The highest BCUT2D eigenvalue weighted by Gasteiger charge is 2.25. The van der Waals surface area contributed by atoms with Crippen molar-refractivity contribution in [1.29, 1.82) is 0 Å². The Hall–Kier alpha value is -1.69. The minimum Gasteiger partial charge on any atom is -0.317 e. The van der Waals surface area contributed by atoms with Crippen molar-refractivity contribution >= 4 is 5.78 Å². The standard InChI is InChI=1S/C13H17N5O/c19-12-9-2-1-3-10(9)15-13-17-16-11(18(12)13)8-4-6-14-7-5-8/h8,14H,1-7H2,(H,15,17). The third-order valence-corrected chi connectivity index (χ3v) is 4.31. The van der Waals surface area contributed by atoms with Crippen molar-refractivity contribution in [3.63, 3.8) is 0 Å². The summed E-state index contributed by atoms with van der Waals surface area (Å²) in [5.41, 5.74) is 1.96. The molecule has 0 unspecified atom stereocenters. The number of nitrogens with zero attached hydrogens (tertiary/aromatic N) is 3. The first-order valence-corrected chi connectivity index (χ1v) is 7.04. The van der Waals surface area contributed by atoms with Crippen molar-refractivity contribution in [3.8, 4) is 0 Å². The lowest BCUT2D eigenvalue weighted by Gasteiger charge is -2.20. The van der Waals surface area contributed by atoms with Gasteiger partial charge in [-0.25, -0.2) is 14.5 Å². The normalized spacial score (nSPS) is 20.0. The number of hydrogen-bond donors (Lipinski definition) is 2. The number of nitrogens with one attached hydrogen (secondary N) is 2. The summed E-state index contributed by atoms with van der Waals surface area (Å²) in [4.78, 5) is 17.2. The van der Waals surface area contributed by atoms with Gasteiger partial charge in [0.1, 0.15) is 5.82 Å². The van der Waals surface area contributed by atoms with Crippen LogP contribution >= 0.6 is 0 Å². The van der Waals surface area contributed by atoms with Gasteiger partial charge in [-0.2, -0.15) is 5.10 Å². The number of piperidine rings is 1. The number of aromatic nitrogens is 4. The van der Waals surface area contributed by atoms with Gasteiger partial charge in [0.15, 0.2) is 0 Å². The molecule has 1 aliphatic carbocycles. The van der Waals surface area contributed by atoms with E-state index in [1.807, 2.05) is 0 Å². The van der Waals surface area contributed by atoms with Crippen LogP contribution in [0, 0.1) is 0 Å². The van der Waals surface area contributed by atoms with Crippen LogP contribution < -0.4 is 10.9 Å². The molecule has 0 radical (unpaired) electrons. The highest BCUT2D eigenvalue weighted by atomic mass is 16.1. The second-order valence-corrected chi connectivity index (χ2v) is 5.46. The van der Waals surface area contributed by atoms with E-state index in [-0.39, 0.29) is 5.56 Å². The Morgan fingerprint density at radius 1 is 1.21 bits per heavy atom. The fraction of sp³-hybridized carbons (Fsp3) is 0.615. The van der Waals surface area contributed by atoms with Gasteiger partial charge in [-0.3, -0.25) is 4.79 Å². The van der Waals surface area contributed by atoms with Crippen molar-refractivity contribution in [1.82, 2.24) is 24.9 Å². The fourth-order valence-corrected chi connectivity index (χ4v) is 3.29. The Labute approximate surface area is 110 Å². The van der Waals surface area contributed by atoms with E-state index in [9.17, 15) is 4.79 Å². The molecule has 6 nitrogen and oxygen atoms in total. The molecule has 0 aromatic carbocycles. The second-order valence-electron chi connectivity index (χ2n) is 5.46. The van der Waals surface area contributed by atoms with Crippen LogP contribution in [-0.4, -0.2) is 32.7 Å². The first-order valence-electron chi connectivity index (χ1n) is 7.04. The van der Waals surface area contributed by atoms with E-state index in [4.69, 9.17) is 0 Å². The summed E-state index contributed by atoms with van der Waals surface area (Å²) in [6.45, 7) is 1.98. The average molecular weight is 259 g/mol. The van der Waals surface area contributed by atoms with E-state index in [0.717, 1.165) is 62.3 Å². The number of H-pyrrole nitrogens is 1. The maximum atomic E-state index is 12.6. The molecule has 2 aromatic rings. The lowest BCUT2D eigenvalue weighted by atomic mass is 9.97. The molecule has 2 aromatic heterocycles. The smallest absolute Gasteiger partial charge is 0.264 e. The summed E-state index contributed by atoms with van der Waals surface area (Å²) in [5, 5.41) is 10.6. The molecule has 0 spiro atoms. The van der Waals surface area contributed by atoms with Crippen molar-refractivity contribution in [2.75, 3.05) is 13.1 Å². The molecule has 6 heteroatoms. The number of rotatable bonds is 1. The van der Waals surface area contributed by atoms with Crippen molar-refractivity contribution < 1.29 is 0 Å². The highest BCUT2D eigenvalue weighted by molar-refractivity contribution is 5.36. The molecule has 0 saturated carbocycles.